The van der Waals surface area contributed by atoms with Gasteiger partial charge in [-0.2, -0.15) is 0 Å². The van der Waals surface area contributed by atoms with E-state index in [0.29, 0.717) is 6.42 Å². The van der Waals surface area contributed by atoms with Crippen LogP contribution in [0.5, 0.6) is 0 Å². The molecule has 0 rings (SSSR count). The van der Waals surface area contributed by atoms with Gasteiger partial charge in [-0.25, -0.2) is 0 Å². The summed E-state index contributed by atoms with van der Waals surface area (Å²) in [5.74, 6) is 1.06. The Morgan fingerprint density at radius 2 is 2.08 bits per heavy atom. The maximum absolute atomic E-state index is 10.6. The van der Waals surface area contributed by atoms with E-state index in [1.807, 2.05) is 7.05 Å². The molecule has 0 bridgehead atoms. The topological polar surface area (TPSA) is 53.5 Å². The van der Waals surface area contributed by atoms with E-state index in [1.165, 1.54) is 0 Å². The molecule has 0 amide bonds. The van der Waals surface area contributed by atoms with Gasteiger partial charge in [0, 0.05) is 27.1 Å². The quantitative estimate of drug-likeness (QED) is 0.373. The summed E-state index contributed by atoms with van der Waals surface area (Å²) in [5, 5.41) is 6.04. The Hall–Kier alpha value is -1.06. The normalized spacial score (nSPS) is 11.2. The van der Waals surface area contributed by atoms with Gasteiger partial charge in [-0.15, -0.1) is 0 Å². The van der Waals surface area contributed by atoms with E-state index in [2.05, 4.69) is 15.6 Å². The molecule has 0 heterocycles. The van der Waals surface area contributed by atoms with Crippen LogP contribution in [0.2, 0.25) is 0 Å². The molecule has 0 fully saturated rings. The van der Waals surface area contributed by atoms with Crippen LogP contribution in [0.1, 0.15) is 26.2 Å². The van der Waals surface area contributed by atoms with Gasteiger partial charge in [0.25, 0.3) is 0 Å². The molecular weight excluding hydrogens is 166 g/mol. The van der Waals surface area contributed by atoms with Gasteiger partial charge in [-0.05, 0) is 19.8 Å². The zero-order chi connectivity index (χ0) is 10.1. The number of Topliss-reactive ketones (excluding diaryl/α,β-unsaturated/α-hetero) is 1. The number of guanidine groups is 1. The highest BCUT2D eigenvalue weighted by Gasteiger charge is 1.94. The minimum Gasteiger partial charge on any atom is -0.359 e. The first-order chi connectivity index (χ1) is 6.20. The fourth-order valence-corrected chi connectivity index (χ4v) is 0.985. The van der Waals surface area contributed by atoms with Crippen molar-refractivity contribution in [2.45, 2.75) is 26.2 Å². The molecule has 2 N–H and O–H groups in total. The number of ketones is 1. The fourth-order valence-electron chi connectivity index (χ4n) is 0.985. The van der Waals surface area contributed by atoms with Crippen LogP contribution in [-0.4, -0.2) is 32.4 Å². The maximum atomic E-state index is 10.6. The maximum Gasteiger partial charge on any atom is 0.190 e. The standard InChI is InChI=1S/C9H19N3O/c1-8(13)6-4-5-7-12-9(10-2)11-3/h4-7H2,1-3H3,(H2,10,11,12). The van der Waals surface area contributed by atoms with Gasteiger partial charge in [-0.3, -0.25) is 4.99 Å². The van der Waals surface area contributed by atoms with E-state index in [4.69, 9.17) is 0 Å². The molecule has 13 heavy (non-hydrogen) atoms. The molecule has 0 aromatic heterocycles. The average Bonchev–Trinajstić information content (AvgIpc) is 2.11. The van der Waals surface area contributed by atoms with Crippen LogP contribution in [0.3, 0.4) is 0 Å². The molecule has 0 spiro atoms. The molecule has 0 aliphatic carbocycles. The molecule has 0 radical (unpaired) electrons. The van der Waals surface area contributed by atoms with Crippen LogP contribution in [0.15, 0.2) is 4.99 Å². The van der Waals surface area contributed by atoms with Crippen LogP contribution >= 0.6 is 0 Å². The highest BCUT2D eigenvalue weighted by molar-refractivity contribution is 5.79. The zero-order valence-electron chi connectivity index (χ0n) is 8.68. The van der Waals surface area contributed by atoms with E-state index >= 15 is 0 Å². The van der Waals surface area contributed by atoms with Crippen LogP contribution < -0.4 is 10.6 Å². The Kier molecular flexibility index (Phi) is 6.96. The van der Waals surface area contributed by atoms with Crippen molar-refractivity contribution in [2.24, 2.45) is 4.99 Å². The van der Waals surface area contributed by atoms with Crippen LogP contribution in [-0.2, 0) is 4.79 Å². The zero-order valence-corrected chi connectivity index (χ0v) is 8.68. The molecule has 0 unspecified atom stereocenters. The molecule has 0 aromatic rings. The lowest BCUT2D eigenvalue weighted by molar-refractivity contribution is -0.117. The summed E-state index contributed by atoms with van der Waals surface area (Å²) in [6, 6.07) is 0. The van der Waals surface area contributed by atoms with Crippen molar-refractivity contribution in [3.8, 4) is 0 Å². The van der Waals surface area contributed by atoms with Gasteiger partial charge in [-0.1, -0.05) is 0 Å². The summed E-state index contributed by atoms with van der Waals surface area (Å²) in [6.07, 6.45) is 2.63. The van der Waals surface area contributed by atoms with Crippen LogP contribution in [0.4, 0.5) is 0 Å². The number of hydrogen-bond acceptors (Lipinski definition) is 2. The van der Waals surface area contributed by atoms with E-state index < -0.39 is 0 Å². The van der Waals surface area contributed by atoms with Crippen molar-refractivity contribution in [3.63, 3.8) is 0 Å². The summed E-state index contributed by atoms with van der Waals surface area (Å²) >= 11 is 0. The third-order valence-corrected chi connectivity index (χ3v) is 1.71. The van der Waals surface area contributed by atoms with E-state index in [1.54, 1.807) is 14.0 Å². The third-order valence-electron chi connectivity index (χ3n) is 1.71. The Balaban J connectivity index is 3.30. The first kappa shape index (κ1) is 11.9. The molecule has 0 saturated carbocycles. The molecule has 0 aliphatic heterocycles. The second-order valence-electron chi connectivity index (χ2n) is 2.91. The predicted molar refractivity (Wildman–Crippen MR) is 55.0 cm³/mol. The predicted octanol–water partition coefficient (Wildman–Crippen LogP) is 0.540. The van der Waals surface area contributed by atoms with Crippen molar-refractivity contribution in [3.05, 3.63) is 0 Å². The van der Waals surface area contributed by atoms with E-state index in [0.717, 1.165) is 25.3 Å². The number of hydrogen-bond donors (Lipinski definition) is 2. The number of nitrogens with zero attached hydrogens (tertiary/aromatic N) is 1. The van der Waals surface area contributed by atoms with Crippen molar-refractivity contribution in [1.29, 1.82) is 0 Å². The second kappa shape index (κ2) is 7.58. The van der Waals surface area contributed by atoms with Crippen molar-refractivity contribution >= 4 is 11.7 Å². The number of carbonyl (C=O) groups excluding carboxylic acids is 1. The van der Waals surface area contributed by atoms with Gasteiger partial charge in [0.05, 0.1) is 0 Å². The number of carbonyl (C=O) groups is 1. The Bertz CT molecular complexity index is 178. The highest BCUT2D eigenvalue weighted by Crippen LogP contribution is 1.94. The van der Waals surface area contributed by atoms with Crippen molar-refractivity contribution < 1.29 is 4.79 Å². The SMILES string of the molecule is CN=C(NC)NCCCCC(C)=O. The lowest BCUT2D eigenvalue weighted by Crippen LogP contribution is -2.35. The van der Waals surface area contributed by atoms with Gasteiger partial charge in [0.2, 0.25) is 0 Å². The molecule has 0 aromatic carbocycles. The summed E-state index contributed by atoms with van der Waals surface area (Å²) in [6.45, 7) is 2.49. The minimum atomic E-state index is 0.262. The lowest BCUT2D eigenvalue weighted by atomic mass is 10.2. The first-order valence-corrected chi connectivity index (χ1v) is 4.58. The van der Waals surface area contributed by atoms with Crippen molar-refractivity contribution in [2.75, 3.05) is 20.6 Å². The number of aliphatic imine (C=N–C) groups is 1. The van der Waals surface area contributed by atoms with Crippen molar-refractivity contribution in [1.82, 2.24) is 10.6 Å². The van der Waals surface area contributed by atoms with E-state index in [-0.39, 0.29) is 5.78 Å². The summed E-state index contributed by atoms with van der Waals surface area (Å²) in [5.41, 5.74) is 0. The number of rotatable bonds is 5. The lowest BCUT2D eigenvalue weighted by Gasteiger charge is -2.07. The molecule has 4 nitrogen and oxygen atoms in total. The van der Waals surface area contributed by atoms with Crippen LogP contribution in [0.25, 0.3) is 0 Å². The average molecular weight is 185 g/mol. The first-order valence-electron chi connectivity index (χ1n) is 4.58. The van der Waals surface area contributed by atoms with Gasteiger partial charge >= 0.3 is 0 Å². The minimum absolute atomic E-state index is 0.262. The summed E-state index contributed by atoms with van der Waals surface area (Å²) in [7, 11) is 3.55. The largest absolute Gasteiger partial charge is 0.359 e. The van der Waals surface area contributed by atoms with Crippen LogP contribution in [0, 0.1) is 0 Å². The van der Waals surface area contributed by atoms with Gasteiger partial charge in [0.15, 0.2) is 5.96 Å². The molecule has 0 aliphatic rings. The molecule has 0 atom stereocenters. The second-order valence-corrected chi connectivity index (χ2v) is 2.91. The van der Waals surface area contributed by atoms with Gasteiger partial charge < -0.3 is 15.4 Å². The number of unbranched alkanes of at least 4 members (excludes halogenated alkanes) is 1. The van der Waals surface area contributed by atoms with Gasteiger partial charge in [0.1, 0.15) is 5.78 Å². The Labute approximate surface area is 79.8 Å². The third kappa shape index (κ3) is 7.31. The molecular formula is C9H19N3O. The van der Waals surface area contributed by atoms with E-state index in [9.17, 15) is 4.79 Å². The number of nitrogens with one attached hydrogen (secondary N) is 2. The summed E-state index contributed by atoms with van der Waals surface area (Å²) in [4.78, 5) is 14.6. The Morgan fingerprint density at radius 3 is 2.54 bits per heavy atom. The smallest absolute Gasteiger partial charge is 0.190 e. The molecule has 4 heteroatoms. The summed E-state index contributed by atoms with van der Waals surface area (Å²) < 4.78 is 0. The molecule has 0 saturated heterocycles. The Morgan fingerprint density at radius 1 is 1.38 bits per heavy atom. The monoisotopic (exact) mass is 185 g/mol. The molecule has 76 valence electrons. The fraction of sp³-hybridized carbons (Fsp3) is 0.778. The highest BCUT2D eigenvalue weighted by atomic mass is 16.1.